The van der Waals surface area contributed by atoms with E-state index in [0.29, 0.717) is 5.69 Å². The fraction of sp³-hybridized carbons (Fsp3) is 0.571. The lowest BCUT2D eigenvalue weighted by molar-refractivity contribution is -0.141. The van der Waals surface area contributed by atoms with Crippen molar-refractivity contribution < 1.29 is 19.5 Å². The van der Waals surface area contributed by atoms with Gasteiger partial charge in [0, 0.05) is 18.3 Å². The molecule has 0 radical (unpaired) electrons. The molecule has 9 nitrogen and oxygen atoms in total. The van der Waals surface area contributed by atoms with E-state index in [4.69, 9.17) is 10.8 Å². The number of rotatable bonds is 8. The first-order chi connectivity index (χ1) is 10.7. The van der Waals surface area contributed by atoms with Gasteiger partial charge in [-0.05, 0) is 12.8 Å². The second-order valence-electron chi connectivity index (χ2n) is 5.68. The number of aliphatic carboxylic acids is 1. The molecule has 0 bridgehead atoms. The van der Waals surface area contributed by atoms with Crippen LogP contribution in [0.25, 0.3) is 0 Å². The average Bonchev–Trinajstić information content (AvgIpc) is 2.98. The molecule has 9 heteroatoms. The third kappa shape index (κ3) is 5.70. The molecular formula is C14H23N5O4. The van der Waals surface area contributed by atoms with E-state index < -0.39 is 35.9 Å². The Kier molecular flexibility index (Phi) is 6.70. The van der Waals surface area contributed by atoms with Gasteiger partial charge in [0.1, 0.15) is 12.1 Å². The van der Waals surface area contributed by atoms with Crippen molar-refractivity contribution in [2.45, 2.75) is 45.3 Å². The van der Waals surface area contributed by atoms with E-state index in [1.54, 1.807) is 13.8 Å². The number of hydrogen-bond donors (Lipinski definition) is 5. The van der Waals surface area contributed by atoms with Gasteiger partial charge in [-0.3, -0.25) is 14.4 Å². The van der Waals surface area contributed by atoms with Gasteiger partial charge >= 0.3 is 5.97 Å². The Morgan fingerprint density at radius 3 is 2.39 bits per heavy atom. The Morgan fingerprint density at radius 1 is 1.26 bits per heavy atom. The molecule has 3 atom stereocenters. The van der Waals surface area contributed by atoms with Crippen LogP contribution in [-0.4, -0.2) is 51.0 Å². The molecule has 0 aliphatic carbocycles. The van der Waals surface area contributed by atoms with E-state index in [0.717, 1.165) is 0 Å². The Balaban J connectivity index is 2.82. The summed E-state index contributed by atoms with van der Waals surface area (Å²) >= 11 is 0. The minimum absolute atomic E-state index is 0.0937. The summed E-state index contributed by atoms with van der Waals surface area (Å²) in [5, 5.41) is 13.8. The van der Waals surface area contributed by atoms with Crippen molar-refractivity contribution in [3.8, 4) is 0 Å². The second kappa shape index (κ2) is 8.28. The van der Waals surface area contributed by atoms with Crippen LogP contribution in [0.5, 0.6) is 0 Å². The number of H-pyrrole nitrogens is 1. The summed E-state index contributed by atoms with van der Waals surface area (Å²) in [6.07, 6.45) is 3.12. The third-order valence-corrected chi connectivity index (χ3v) is 3.36. The Hall–Kier alpha value is -2.42. The van der Waals surface area contributed by atoms with Gasteiger partial charge in [0.25, 0.3) is 0 Å². The molecule has 0 unspecified atom stereocenters. The fourth-order valence-electron chi connectivity index (χ4n) is 1.77. The van der Waals surface area contributed by atoms with Crippen molar-refractivity contribution in [3.63, 3.8) is 0 Å². The van der Waals surface area contributed by atoms with Crippen LogP contribution in [0.3, 0.4) is 0 Å². The second-order valence-corrected chi connectivity index (χ2v) is 5.68. The third-order valence-electron chi connectivity index (χ3n) is 3.36. The molecule has 0 aliphatic heterocycles. The molecule has 23 heavy (non-hydrogen) atoms. The van der Waals surface area contributed by atoms with Crippen molar-refractivity contribution in [1.82, 2.24) is 20.6 Å². The summed E-state index contributed by atoms with van der Waals surface area (Å²) < 4.78 is 0. The lowest BCUT2D eigenvalue weighted by Crippen LogP contribution is -2.55. The molecule has 0 fully saturated rings. The predicted molar refractivity (Wildman–Crippen MR) is 82.3 cm³/mol. The lowest BCUT2D eigenvalue weighted by Gasteiger charge is -2.22. The van der Waals surface area contributed by atoms with Gasteiger partial charge in [-0.25, -0.2) is 4.98 Å². The van der Waals surface area contributed by atoms with Gasteiger partial charge in [-0.15, -0.1) is 0 Å². The minimum Gasteiger partial charge on any atom is -0.480 e. The first-order valence-corrected chi connectivity index (χ1v) is 7.28. The average molecular weight is 325 g/mol. The maximum absolute atomic E-state index is 12.2. The number of carbonyl (C=O) groups excluding carboxylic acids is 2. The molecule has 0 saturated heterocycles. The maximum Gasteiger partial charge on any atom is 0.325 e. The lowest BCUT2D eigenvalue weighted by atomic mass is 10.0. The standard InChI is InChI=1S/C14H23N5O4/c1-7(2)11(15)13(21)19-10(4-9-5-16-6-17-9)12(20)18-8(3)14(22)23/h5-8,10-11H,4,15H2,1-3H3,(H,16,17)(H,18,20)(H,19,21)(H,22,23)/t8-,10-,11-/m0/s1. The quantitative estimate of drug-likeness (QED) is 0.414. The number of carboxylic acids is 1. The molecule has 0 saturated carbocycles. The molecule has 128 valence electrons. The van der Waals surface area contributed by atoms with Crippen molar-refractivity contribution in [1.29, 1.82) is 0 Å². The van der Waals surface area contributed by atoms with Gasteiger partial charge in [0.15, 0.2) is 0 Å². The molecule has 0 spiro atoms. The van der Waals surface area contributed by atoms with Crippen LogP contribution in [-0.2, 0) is 20.8 Å². The number of nitrogens with zero attached hydrogens (tertiary/aromatic N) is 1. The highest BCUT2D eigenvalue weighted by Gasteiger charge is 2.27. The molecule has 0 aliphatic rings. The van der Waals surface area contributed by atoms with Crippen molar-refractivity contribution in [2.24, 2.45) is 11.7 Å². The molecule has 1 aromatic heterocycles. The van der Waals surface area contributed by atoms with Gasteiger partial charge in [0.05, 0.1) is 12.4 Å². The molecular weight excluding hydrogens is 302 g/mol. The predicted octanol–water partition coefficient (Wildman–Crippen LogP) is -0.990. The van der Waals surface area contributed by atoms with E-state index in [1.165, 1.54) is 19.4 Å². The van der Waals surface area contributed by atoms with E-state index in [9.17, 15) is 14.4 Å². The molecule has 1 rings (SSSR count). The van der Waals surface area contributed by atoms with E-state index in [2.05, 4.69) is 20.6 Å². The largest absolute Gasteiger partial charge is 0.480 e. The topological polar surface area (TPSA) is 150 Å². The number of nitrogens with two attached hydrogens (primary N) is 1. The normalized spacial score (nSPS) is 14.8. The monoisotopic (exact) mass is 325 g/mol. The summed E-state index contributed by atoms with van der Waals surface area (Å²) in [5.74, 6) is -2.32. The number of hydrogen-bond acceptors (Lipinski definition) is 5. The molecule has 2 amide bonds. The maximum atomic E-state index is 12.2. The first-order valence-electron chi connectivity index (χ1n) is 7.28. The van der Waals surface area contributed by atoms with Crippen LogP contribution in [0.4, 0.5) is 0 Å². The van der Waals surface area contributed by atoms with Crippen molar-refractivity contribution in [2.75, 3.05) is 0 Å². The van der Waals surface area contributed by atoms with Gasteiger partial charge in [-0.1, -0.05) is 13.8 Å². The van der Waals surface area contributed by atoms with Crippen LogP contribution in [0.2, 0.25) is 0 Å². The van der Waals surface area contributed by atoms with Crippen molar-refractivity contribution in [3.05, 3.63) is 18.2 Å². The highest BCUT2D eigenvalue weighted by molar-refractivity contribution is 5.91. The van der Waals surface area contributed by atoms with E-state index >= 15 is 0 Å². The number of nitrogens with one attached hydrogen (secondary N) is 3. The molecule has 6 N–H and O–H groups in total. The molecule has 1 aromatic rings. The highest BCUT2D eigenvalue weighted by atomic mass is 16.4. The summed E-state index contributed by atoms with van der Waals surface area (Å²) in [6.45, 7) is 4.93. The number of aromatic amines is 1. The van der Waals surface area contributed by atoms with Crippen LogP contribution in [0, 0.1) is 5.92 Å². The Morgan fingerprint density at radius 2 is 1.91 bits per heavy atom. The van der Waals surface area contributed by atoms with Crippen LogP contribution >= 0.6 is 0 Å². The van der Waals surface area contributed by atoms with Crippen LogP contribution < -0.4 is 16.4 Å². The number of carboxylic acid groups (broad SMARTS) is 1. The fourth-order valence-corrected chi connectivity index (χ4v) is 1.77. The number of aromatic nitrogens is 2. The summed E-state index contributed by atoms with van der Waals surface area (Å²) in [6, 6.07) is -2.78. The number of carbonyl (C=O) groups is 3. The molecule has 1 heterocycles. The number of imidazole rings is 1. The highest BCUT2D eigenvalue weighted by Crippen LogP contribution is 2.03. The zero-order valence-corrected chi connectivity index (χ0v) is 13.4. The Labute approximate surface area is 134 Å². The van der Waals surface area contributed by atoms with Crippen molar-refractivity contribution >= 4 is 17.8 Å². The smallest absolute Gasteiger partial charge is 0.325 e. The summed E-state index contributed by atoms with van der Waals surface area (Å²) in [4.78, 5) is 41.9. The van der Waals surface area contributed by atoms with Crippen LogP contribution in [0.1, 0.15) is 26.5 Å². The zero-order chi connectivity index (χ0) is 17.6. The first kappa shape index (κ1) is 18.6. The van der Waals surface area contributed by atoms with Gasteiger partial charge in [-0.2, -0.15) is 0 Å². The number of amides is 2. The van der Waals surface area contributed by atoms with E-state index in [-0.39, 0.29) is 12.3 Å². The van der Waals surface area contributed by atoms with E-state index in [1.807, 2.05) is 0 Å². The van der Waals surface area contributed by atoms with Gasteiger partial charge < -0.3 is 26.5 Å². The summed E-state index contributed by atoms with van der Waals surface area (Å²) in [5.41, 5.74) is 6.40. The minimum atomic E-state index is -1.16. The zero-order valence-electron chi connectivity index (χ0n) is 13.4. The SMILES string of the molecule is CC(C)[C@H](N)C(=O)N[C@@H](Cc1cnc[nH]1)C(=O)N[C@@H](C)C(=O)O. The summed E-state index contributed by atoms with van der Waals surface area (Å²) in [7, 11) is 0. The van der Waals surface area contributed by atoms with Crippen LogP contribution in [0.15, 0.2) is 12.5 Å². The Bertz CT molecular complexity index is 543. The molecule has 0 aromatic carbocycles. The van der Waals surface area contributed by atoms with Gasteiger partial charge in [0.2, 0.25) is 11.8 Å².